The summed E-state index contributed by atoms with van der Waals surface area (Å²) in [6, 6.07) is 10.5. The van der Waals surface area contributed by atoms with Gasteiger partial charge in [0.25, 0.3) is 5.91 Å². The molecule has 0 unspecified atom stereocenters. The highest BCUT2D eigenvalue weighted by atomic mass is 19.1. The average Bonchev–Trinajstić information content (AvgIpc) is 2.58. The SMILES string of the molecule is CCOc1cccc(C(=O)Nc2ccc(F)c(NC(=O)OC)c2)c1. The maximum absolute atomic E-state index is 13.7. The lowest BCUT2D eigenvalue weighted by atomic mass is 10.2. The van der Waals surface area contributed by atoms with Crippen molar-refractivity contribution in [1.82, 2.24) is 0 Å². The molecule has 2 amide bonds. The summed E-state index contributed by atoms with van der Waals surface area (Å²) >= 11 is 0. The predicted octanol–water partition coefficient (Wildman–Crippen LogP) is 3.66. The summed E-state index contributed by atoms with van der Waals surface area (Å²) < 4.78 is 23.4. The van der Waals surface area contributed by atoms with Gasteiger partial charge in [-0.1, -0.05) is 6.07 Å². The number of hydrogen-bond donors (Lipinski definition) is 2. The molecule has 0 fully saturated rings. The number of ether oxygens (including phenoxy) is 2. The van der Waals surface area contributed by atoms with E-state index in [0.717, 1.165) is 6.07 Å². The molecule has 0 saturated heterocycles. The van der Waals surface area contributed by atoms with E-state index in [1.54, 1.807) is 24.3 Å². The lowest BCUT2D eigenvalue weighted by Gasteiger charge is -2.10. The minimum atomic E-state index is -0.804. The van der Waals surface area contributed by atoms with Gasteiger partial charge in [-0.25, -0.2) is 9.18 Å². The Balaban J connectivity index is 2.15. The van der Waals surface area contributed by atoms with Gasteiger partial charge < -0.3 is 14.8 Å². The number of halogens is 1. The van der Waals surface area contributed by atoms with Gasteiger partial charge in [0.1, 0.15) is 11.6 Å². The second kappa shape index (κ2) is 7.96. The van der Waals surface area contributed by atoms with Gasteiger partial charge in [-0.05, 0) is 43.3 Å². The minimum absolute atomic E-state index is 0.0947. The summed E-state index contributed by atoms with van der Waals surface area (Å²) in [6.07, 6.45) is -0.804. The largest absolute Gasteiger partial charge is 0.494 e. The molecule has 0 atom stereocenters. The molecule has 2 N–H and O–H groups in total. The third-order valence-corrected chi connectivity index (χ3v) is 3.05. The van der Waals surface area contributed by atoms with E-state index in [1.165, 1.54) is 19.2 Å². The van der Waals surface area contributed by atoms with E-state index < -0.39 is 11.9 Å². The second-order valence-electron chi connectivity index (χ2n) is 4.73. The molecule has 0 saturated carbocycles. The van der Waals surface area contributed by atoms with Gasteiger partial charge in [-0.2, -0.15) is 0 Å². The van der Waals surface area contributed by atoms with Crippen LogP contribution in [0.2, 0.25) is 0 Å². The molecule has 0 aliphatic carbocycles. The third-order valence-electron chi connectivity index (χ3n) is 3.05. The smallest absolute Gasteiger partial charge is 0.411 e. The van der Waals surface area contributed by atoms with Gasteiger partial charge in [-0.3, -0.25) is 10.1 Å². The lowest BCUT2D eigenvalue weighted by molar-refractivity contribution is 0.102. The summed E-state index contributed by atoms with van der Waals surface area (Å²) in [4.78, 5) is 23.5. The van der Waals surface area contributed by atoms with Crippen LogP contribution in [0.1, 0.15) is 17.3 Å². The molecule has 126 valence electrons. The van der Waals surface area contributed by atoms with E-state index in [-0.39, 0.29) is 11.6 Å². The van der Waals surface area contributed by atoms with Crippen molar-refractivity contribution in [2.45, 2.75) is 6.92 Å². The fourth-order valence-corrected chi connectivity index (χ4v) is 1.96. The number of carbonyl (C=O) groups is 2. The van der Waals surface area contributed by atoms with Crippen molar-refractivity contribution in [3.63, 3.8) is 0 Å². The first-order valence-electron chi connectivity index (χ1n) is 7.22. The highest BCUT2D eigenvalue weighted by molar-refractivity contribution is 6.04. The highest BCUT2D eigenvalue weighted by Gasteiger charge is 2.11. The number of amides is 2. The highest BCUT2D eigenvalue weighted by Crippen LogP contribution is 2.21. The van der Waals surface area contributed by atoms with Crippen LogP contribution in [0.5, 0.6) is 5.75 Å². The van der Waals surface area contributed by atoms with Crippen LogP contribution in [0.4, 0.5) is 20.6 Å². The summed E-state index contributed by atoms with van der Waals surface area (Å²) in [5.41, 5.74) is 0.630. The van der Waals surface area contributed by atoms with E-state index in [0.29, 0.717) is 23.6 Å². The molecule has 2 aromatic carbocycles. The van der Waals surface area contributed by atoms with Crippen LogP contribution < -0.4 is 15.4 Å². The molecule has 2 rings (SSSR count). The summed E-state index contributed by atoms with van der Waals surface area (Å²) in [5.74, 6) is -0.443. The normalized spacial score (nSPS) is 9.96. The van der Waals surface area contributed by atoms with Crippen LogP contribution in [0, 0.1) is 5.82 Å². The zero-order valence-electron chi connectivity index (χ0n) is 13.3. The van der Waals surface area contributed by atoms with E-state index in [2.05, 4.69) is 15.4 Å². The van der Waals surface area contributed by atoms with Gasteiger partial charge in [-0.15, -0.1) is 0 Å². The predicted molar refractivity (Wildman–Crippen MR) is 88.0 cm³/mol. The molecule has 7 heteroatoms. The van der Waals surface area contributed by atoms with Crippen LogP contribution in [0.3, 0.4) is 0 Å². The quantitative estimate of drug-likeness (QED) is 0.876. The standard InChI is InChI=1S/C17H17FN2O4/c1-3-24-13-6-4-5-11(9-13)16(21)19-12-7-8-14(18)15(10-12)20-17(22)23-2/h4-10H,3H2,1-2H3,(H,19,21)(H,20,22). The van der Waals surface area contributed by atoms with E-state index >= 15 is 0 Å². The van der Waals surface area contributed by atoms with Crippen LogP contribution in [-0.4, -0.2) is 25.7 Å². The van der Waals surface area contributed by atoms with Gasteiger partial charge in [0.2, 0.25) is 0 Å². The van der Waals surface area contributed by atoms with Gasteiger partial charge in [0, 0.05) is 11.3 Å². The van der Waals surface area contributed by atoms with Crippen molar-refractivity contribution in [3.05, 3.63) is 53.8 Å². The van der Waals surface area contributed by atoms with Crippen molar-refractivity contribution >= 4 is 23.4 Å². The van der Waals surface area contributed by atoms with Crippen LogP contribution in [-0.2, 0) is 4.74 Å². The van der Waals surface area contributed by atoms with Gasteiger partial charge in [0.15, 0.2) is 0 Å². The molecule has 0 spiro atoms. The first-order chi connectivity index (χ1) is 11.5. The fourth-order valence-electron chi connectivity index (χ4n) is 1.96. The van der Waals surface area contributed by atoms with E-state index in [4.69, 9.17) is 4.74 Å². The minimum Gasteiger partial charge on any atom is -0.494 e. The van der Waals surface area contributed by atoms with Crippen molar-refractivity contribution in [3.8, 4) is 5.75 Å². The Bertz CT molecular complexity index is 749. The Kier molecular flexibility index (Phi) is 5.73. The summed E-state index contributed by atoms with van der Waals surface area (Å²) in [6.45, 7) is 2.34. The molecule has 0 bridgehead atoms. The molecule has 0 heterocycles. The Morgan fingerprint density at radius 2 is 1.92 bits per heavy atom. The fraction of sp³-hybridized carbons (Fsp3) is 0.176. The van der Waals surface area contributed by atoms with Crippen LogP contribution in [0.25, 0.3) is 0 Å². The molecular weight excluding hydrogens is 315 g/mol. The topological polar surface area (TPSA) is 76.7 Å². The maximum Gasteiger partial charge on any atom is 0.411 e. The van der Waals surface area contributed by atoms with Crippen molar-refractivity contribution < 1.29 is 23.5 Å². The third kappa shape index (κ3) is 4.45. The summed E-state index contributed by atoms with van der Waals surface area (Å²) in [7, 11) is 1.17. The Morgan fingerprint density at radius 3 is 2.62 bits per heavy atom. The number of hydrogen-bond acceptors (Lipinski definition) is 4. The number of carbonyl (C=O) groups excluding carboxylic acids is 2. The molecule has 6 nitrogen and oxygen atoms in total. The first kappa shape index (κ1) is 17.3. The lowest BCUT2D eigenvalue weighted by Crippen LogP contribution is -2.14. The Hall–Kier alpha value is -3.09. The van der Waals surface area contributed by atoms with Gasteiger partial charge >= 0.3 is 6.09 Å². The molecular formula is C17H17FN2O4. The van der Waals surface area contributed by atoms with Crippen LogP contribution in [0.15, 0.2) is 42.5 Å². The maximum atomic E-state index is 13.7. The first-order valence-corrected chi connectivity index (χ1v) is 7.22. The molecule has 0 radical (unpaired) electrons. The number of anilines is 2. The number of methoxy groups -OCH3 is 1. The summed E-state index contributed by atoms with van der Waals surface area (Å²) in [5, 5.41) is 4.86. The van der Waals surface area contributed by atoms with E-state index in [1.807, 2.05) is 6.92 Å². The number of rotatable bonds is 5. The molecule has 0 aromatic heterocycles. The average molecular weight is 332 g/mol. The monoisotopic (exact) mass is 332 g/mol. The van der Waals surface area contributed by atoms with E-state index in [9.17, 15) is 14.0 Å². The zero-order chi connectivity index (χ0) is 17.5. The number of benzene rings is 2. The zero-order valence-corrected chi connectivity index (χ0v) is 13.3. The Morgan fingerprint density at radius 1 is 1.12 bits per heavy atom. The van der Waals surface area contributed by atoms with Crippen molar-refractivity contribution in [1.29, 1.82) is 0 Å². The molecule has 2 aromatic rings. The van der Waals surface area contributed by atoms with Crippen molar-refractivity contribution in [2.24, 2.45) is 0 Å². The van der Waals surface area contributed by atoms with Crippen LogP contribution >= 0.6 is 0 Å². The number of nitrogens with one attached hydrogen (secondary N) is 2. The molecule has 0 aliphatic heterocycles. The van der Waals surface area contributed by atoms with Gasteiger partial charge in [0.05, 0.1) is 19.4 Å². The molecule has 0 aliphatic rings. The Labute approximate surface area is 138 Å². The second-order valence-corrected chi connectivity index (χ2v) is 4.73. The molecule has 24 heavy (non-hydrogen) atoms. The van der Waals surface area contributed by atoms with Crippen molar-refractivity contribution in [2.75, 3.05) is 24.4 Å².